The van der Waals surface area contributed by atoms with E-state index in [0.29, 0.717) is 45.7 Å². The number of nitrogens with one attached hydrogen (secondary N) is 1. The van der Waals surface area contributed by atoms with Crippen LogP contribution in [0.25, 0.3) is 6.08 Å². The van der Waals surface area contributed by atoms with Gasteiger partial charge in [-0.15, -0.1) is 6.58 Å². The van der Waals surface area contributed by atoms with Crippen molar-refractivity contribution in [3.63, 3.8) is 0 Å². The zero-order chi connectivity index (χ0) is 28.1. The molecule has 202 valence electrons. The fourth-order valence-electron chi connectivity index (χ4n) is 4.00. The zero-order valence-corrected chi connectivity index (χ0v) is 23.2. The van der Waals surface area contributed by atoms with E-state index < -0.39 is 5.91 Å². The zero-order valence-electron chi connectivity index (χ0n) is 21.6. The number of hydrazone groups is 1. The van der Waals surface area contributed by atoms with Crippen LogP contribution in [0.3, 0.4) is 0 Å². The van der Waals surface area contributed by atoms with Crippen molar-refractivity contribution in [2.45, 2.75) is 6.42 Å². The molecule has 0 aliphatic carbocycles. The summed E-state index contributed by atoms with van der Waals surface area (Å²) < 4.78 is 17.0. The topological polar surface area (TPSA) is 96.6 Å². The molecular weight excluding hydrogens is 548 g/mol. The number of rotatable bonds is 10. The Hall–Kier alpha value is -4.34. The van der Waals surface area contributed by atoms with Gasteiger partial charge in [0.2, 0.25) is 5.17 Å². The summed E-state index contributed by atoms with van der Waals surface area (Å²) in [5.41, 5.74) is 2.68. The molecule has 1 amide bonds. The summed E-state index contributed by atoms with van der Waals surface area (Å²) in [6.07, 6.45) is 4.21. The maximum Gasteiger partial charge on any atom is 0.283 e. The number of halogens is 1. The van der Waals surface area contributed by atoms with Crippen molar-refractivity contribution >= 4 is 51.4 Å². The van der Waals surface area contributed by atoms with E-state index in [1.165, 1.54) is 16.8 Å². The molecule has 40 heavy (non-hydrogen) atoms. The third-order valence-corrected chi connectivity index (χ3v) is 7.24. The second kappa shape index (κ2) is 12.2. The van der Waals surface area contributed by atoms with Gasteiger partial charge in [-0.2, -0.15) is 15.1 Å². The highest BCUT2D eigenvalue weighted by Crippen LogP contribution is 2.33. The highest BCUT2D eigenvalue weighted by atomic mass is 35.5. The van der Waals surface area contributed by atoms with Crippen molar-refractivity contribution in [2.24, 2.45) is 10.1 Å². The lowest BCUT2D eigenvalue weighted by atomic mass is 10.1. The Morgan fingerprint density at radius 3 is 2.58 bits per heavy atom. The lowest BCUT2D eigenvalue weighted by Crippen LogP contribution is -2.35. The number of aliphatic imine (C=N–C) groups is 1. The van der Waals surface area contributed by atoms with E-state index in [2.05, 4.69) is 16.7 Å². The third-order valence-electron chi connectivity index (χ3n) is 5.97. The minimum Gasteiger partial charge on any atom is -0.493 e. The van der Waals surface area contributed by atoms with E-state index in [-0.39, 0.29) is 11.4 Å². The highest BCUT2D eigenvalue weighted by molar-refractivity contribution is 8.27. The van der Waals surface area contributed by atoms with Crippen LogP contribution in [-0.4, -0.2) is 47.3 Å². The molecule has 0 fully saturated rings. The number of carbonyl (C=O) groups is 1. The first-order valence-electron chi connectivity index (χ1n) is 12.4. The molecule has 2 aliphatic heterocycles. The first kappa shape index (κ1) is 27.2. The molecule has 0 bridgehead atoms. The first-order chi connectivity index (χ1) is 19.5. The van der Waals surface area contributed by atoms with Crippen LogP contribution in [0, 0.1) is 5.41 Å². The molecule has 2 aliphatic rings. The molecule has 0 radical (unpaired) electrons. The van der Waals surface area contributed by atoms with Crippen molar-refractivity contribution in [1.29, 1.82) is 5.41 Å². The molecule has 0 spiro atoms. The van der Waals surface area contributed by atoms with Crippen molar-refractivity contribution < 1.29 is 19.0 Å². The molecule has 0 saturated carbocycles. The molecule has 0 saturated heterocycles. The van der Waals surface area contributed by atoms with E-state index in [0.717, 1.165) is 23.1 Å². The Morgan fingerprint density at radius 1 is 1.05 bits per heavy atom. The van der Waals surface area contributed by atoms with E-state index in [1.807, 2.05) is 54.6 Å². The second-order valence-electron chi connectivity index (χ2n) is 8.65. The fraction of sp³-hybridized carbons (Fsp3) is 0.133. The molecule has 0 unspecified atom stereocenters. The highest BCUT2D eigenvalue weighted by Gasteiger charge is 2.36. The number of ether oxygens (including phenoxy) is 3. The average Bonchev–Trinajstić information content (AvgIpc) is 3.39. The van der Waals surface area contributed by atoms with Crippen molar-refractivity contribution in [1.82, 2.24) is 5.01 Å². The predicted octanol–water partition coefficient (Wildman–Crippen LogP) is 6.20. The van der Waals surface area contributed by atoms with Crippen LogP contribution in [0.1, 0.15) is 16.7 Å². The molecule has 3 aromatic carbocycles. The number of hydrogen-bond acceptors (Lipinski definition) is 7. The molecular formula is C30H25ClN4O4S. The second-order valence-corrected chi connectivity index (χ2v) is 10.0. The Kier molecular flexibility index (Phi) is 8.33. The van der Waals surface area contributed by atoms with Gasteiger partial charge >= 0.3 is 0 Å². The number of carbonyl (C=O) groups excluding carboxylic acids is 1. The van der Waals surface area contributed by atoms with E-state index in [9.17, 15) is 4.79 Å². The number of hydrogen-bond donors (Lipinski definition) is 1. The summed E-state index contributed by atoms with van der Waals surface area (Å²) in [5, 5.41) is 15.9. The van der Waals surface area contributed by atoms with Gasteiger partial charge in [-0.25, -0.2) is 0 Å². The SMILES string of the molecule is C=CCc1ccc(OCCOc2ccc(/C=C3/C(=N)N4N=C(c5ccccc5Cl)SC4=NC3=O)cc2)c(OC)c1. The monoisotopic (exact) mass is 572 g/mol. The van der Waals surface area contributed by atoms with Crippen LogP contribution in [0.15, 0.2) is 95.1 Å². The number of amidine groups is 2. The average molecular weight is 573 g/mol. The van der Waals surface area contributed by atoms with Crippen LogP contribution >= 0.6 is 23.4 Å². The summed E-state index contributed by atoms with van der Waals surface area (Å²) in [6, 6.07) is 20.3. The summed E-state index contributed by atoms with van der Waals surface area (Å²) in [4.78, 5) is 16.9. The fourth-order valence-corrected chi connectivity index (χ4v) is 5.21. The summed E-state index contributed by atoms with van der Waals surface area (Å²) in [5.74, 6) is 1.41. The molecule has 10 heteroatoms. The van der Waals surface area contributed by atoms with E-state index >= 15 is 0 Å². The lowest BCUT2D eigenvalue weighted by Gasteiger charge is -2.20. The molecule has 1 N–H and O–H groups in total. The largest absolute Gasteiger partial charge is 0.493 e. The number of methoxy groups -OCH3 is 1. The molecule has 5 rings (SSSR count). The van der Waals surface area contributed by atoms with Crippen LogP contribution in [-0.2, 0) is 11.2 Å². The number of thioether (sulfide) groups is 1. The van der Waals surface area contributed by atoms with Crippen molar-refractivity contribution in [3.05, 3.63) is 107 Å². The van der Waals surface area contributed by atoms with Crippen LogP contribution in [0.4, 0.5) is 0 Å². The van der Waals surface area contributed by atoms with Crippen LogP contribution < -0.4 is 14.2 Å². The molecule has 0 aromatic heterocycles. The number of benzene rings is 3. The molecule has 8 nitrogen and oxygen atoms in total. The van der Waals surface area contributed by atoms with Gasteiger partial charge < -0.3 is 14.2 Å². The van der Waals surface area contributed by atoms with Crippen LogP contribution in [0.5, 0.6) is 17.2 Å². The Labute approximate surface area is 241 Å². The van der Waals surface area contributed by atoms with Crippen molar-refractivity contribution in [2.75, 3.05) is 20.3 Å². The molecule has 3 aromatic rings. The minimum absolute atomic E-state index is 0.0463. The normalized spacial score (nSPS) is 15.4. The van der Waals surface area contributed by atoms with Gasteiger partial charge in [-0.05, 0) is 65.7 Å². The smallest absolute Gasteiger partial charge is 0.283 e. The Bertz CT molecular complexity index is 1570. The van der Waals surface area contributed by atoms with Crippen molar-refractivity contribution in [3.8, 4) is 17.2 Å². The molecule has 2 heterocycles. The predicted molar refractivity (Wildman–Crippen MR) is 160 cm³/mol. The summed E-state index contributed by atoms with van der Waals surface area (Å²) in [7, 11) is 1.61. The number of allylic oxidation sites excluding steroid dienone is 1. The standard InChI is InChI=1S/C30H25ClN4O4S/c1-3-6-19-11-14-25(26(18-19)37-2)39-16-15-38-21-12-9-20(10-13-21)17-23-27(32)35-30(33-28(23)36)40-29(34-35)22-7-4-5-8-24(22)31/h3-5,7-14,17-18,32H,1,6,15-16H2,2H3/b23-17-,32-27?. The van der Waals surface area contributed by atoms with Gasteiger partial charge in [0.15, 0.2) is 17.3 Å². The molecule has 0 atom stereocenters. The minimum atomic E-state index is -0.496. The Balaban J connectivity index is 1.20. The maximum atomic E-state index is 12.8. The van der Waals surface area contributed by atoms with Gasteiger partial charge in [0.25, 0.3) is 5.91 Å². The van der Waals surface area contributed by atoms with Gasteiger partial charge in [-0.3, -0.25) is 10.2 Å². The number of fused-ring (bicyclic) bond motifs is 1. The number of amides is 1. The summed E-state index contributed by atoms with van der Waals surface area (Å²) in [6.45, 7) is 4.42. The van der Waals surface area contributed by atoms with Gasteiger partial charge in [-0.1, -0.05) is 54.1 Å². The first-order valence-corrected chi connectivity index (χ1v) is 13.5. The van der Waals surface area contributed by atoms with Gasteiger partial charge in [0.05, 0.1) is 17.7 Å². The van der Waals surface area contributed by atoms with Gasteiger partial charge in [0, 0.05) is 5.56 Å². The van der Waals surface area contributed by atoms with E-state index in [4.69, 9.17) is 31.2 Å². The summed E-state index contributed by atoms with van der Waals surface area (Å²) >= 11 is 7.51. The maximum absolute atomic E-state index is 12.8. The third kappa shape index (κ3) is 5.95. The van der Waals surface area contributed by atoms with E-state index in [1.54, 1.807) is 31.4 Å². The van der Waals surface area contributed by atoms with Gasteiger partial charge in [0.1, 0.15) is 24.0 Å². The quantitative estimate of drug-likeness (QED) is 0.176. The van der Waals surface area contributed by atoms with Crippen LogP contribution in [0.2, 0.25) is 5.02 Å². The lowest BCUT2D eigenvalue weighted by molar-refractivity contribution is -0.114. The Morgan fingerprint density at radius 2 is 1.82 bits per heavy atom. The number of nitrogens with zero attached hydrogens (tertiary/aromatic N) is 3.